The van der Waals surface area contributed by atoms with Crippen LogP contribution in [-0.4, -0.2) is 14.2 Å². The molecule has 2 aromatic carbocycles. The van der Waals surface area contributed by atoms with Gasteiger partial charge in [0.2, 0.25) is 0 Å². The van der Waals surface area contributed by atoms with Crippen molar-refractivity contribution in [3.8, 4) is 0 Å². The fourth-order valence-electron chi connectivity index (χ4n) is 2.21. The van der Waals surface area contributed by atoms with Crippen LogP contribution in [0.2, 0.25) is 0 Å². The van der Waals surface area contributed by atoms with Crippen LogP contribution in [0, 0.1) is 11.2 Å². The third-order valence-electron chi connectivity index (χ3n) is 2.86. The minimum atomic E-state index is -3.47. The van der Waals surface area contributed by atoms with Gasteiger partial charge in [0, 0.05) is 15.2 Å². The Morgan fingerprint density at radius 3 is 2.40 bits per heavy atom. The van der Waals surface area contributed by atoms with Crippen LogP contribution in [-0.2, 0) is 9.84 Å². The van der Waals surface area contributed by atoms with E-state index >= 15 is 0 Å². The summed E-state index contributed by atoms with van der Waals surface area (Å²) in [7, 11) is -3.47. The predicted molar refractivity (Wildman–Crippen MR) is 83.1 cm³/mol. The van der Waals surface area contributed by atoms with Gasteiger partial charge < -0.3 is 0 Å². The Morgan fingerprint density at radius 2 is 1.80 bits per heavy atom. The average Bonchev–Trinajstić information content (AvgIpc) is 2.25. The molecule has 5 heteroatoms. The summed E-state index contributed by atoms with van der Waals surface area (Å²) in [5, 5.41) is 0.728. The molecule has 0 amide bonds. The van der Waals surface area contributed by atoms with Crippen LogP contribution in [0.25, 0.3) is 10.8 Å². The van der Waals surface area contributed by atoms with Gasteiger partial charge in [0.15, 0.2) is 9.84 Å². The molecule has 0 aliphatic carbocycles. The van der Waals surface area contributed by atoms with Gasteiger partial charge in [-0.15, -0.1) is 0 Å². The van der Waals surface area contributed by atoms with Gasteiger partial charge in [-0.3, -0.25) is 0 Å². The first kappa shape index (κ1) is 15.4. The molecule has 0 aliphatic rings. The van der Waals surface area contributed by atoms with E-state index in [2.05, 4.69) is 15.9 Å². The molecule has 108 valence electrons. The van der Waals surface area contributed by atoms with Gasteiger partial charge in [0.1, 0.15) is 5.82 Å². The van der Waals surface area contributed by atoms with Crippen molar-refractivity contribution in [2.75, 3.05) is 5.75 Å². The Labute approximate surface area is 127 Å². The predicted octanol–water partition coefficient (Wildman–Crippen LogP) is 4.56. The average molecular weight is 359 g/mol. The Kier molecular flexibility index (Phi) is 3.95. The largest absolute Gasteiger partial charge is 0.224 e. The second kappa shape index (κ2) is 5.11. The number of halogens is 2. The molecule has 0 bridgehead atoms. The van der Waals surface area contributed by atoms with E-state index < -0.39 is 15.7 Å². The fraction of sp³-hybridized carbons (Fsp3) is 0.333. The van der Waals surface area contributed by atoms with E-state index in [0.717, 1.165) is 0 Å². The van der Waals surface area contributed by atoms with E-state index in [0.29, 0.717) is 15.2 Å². The molecule has 0 spiro atoms. The quantitative estimate of drug-likeness (QED) is 0.788. The molecule has 0 radical (unpaired) electrons. The number of sulfone groups is 1. The maximum absolute atomic E-state index is 13.9. The van der Waals surface area contributed by atoms with Crippen molar-refractivity contribution in [1.29, 1.82) is 0 Å². The summed E-state index contributed by atoms with van der Waals surface area (Å²) in [5.41, 5.74) is -0.356. The summed E-state index contributed by atoms with van der Waals surface area (Å²) in [4.78, 5) is 0.185. The summed E-state index contributed by atoms with van der Waals surface area (Å²) in [6.07, 6.45) is 0. The lowest BCUT2D eigenvalue weighted by Gasteiger charge is -2.19. The topological polar surface area (TPSA) is 34.1 Å². The van der Waals surface area contributed by atoms with Crippen LogP contribution >= 0.6 is 15.9 Å². The second-order valence-electron chi connectivity index (χ2n) is 6.03. The number of fused-ring (bicyclic) bond motifs is 1. The third kappa shape index (κ3) is 3.04. The lowest BCUT2D eigenvalue weighted by molar-refractivity contribution is 0.462. The molecule has 0 N–H and O–H groups in total. The van der Waals surface area contributed by atoms with Gasteiger partial charge in [-0.1, -0.05) is 48.8 Å². The lowest BCUT2D eigenvalue weighted by atomic mass is 10.0. The van der Waals surface area contributed by atoms with Crippen LogP contribution in [0.4, 0.5) is 4.39 Å². The highest BCUT2D eigenvalue weighted by Gasteiger charge is 2.26. The highest BCUT2D eigenvalue weighted by atomic mass is 79.9. The van der Waals surface area contributed by atoms with Crippen LogP contribution < -0.4 is 0 Å². The Morgan fingerprint density at radius 1 is 1.15 bits per heavy atom. The van der Waals surface area contributed by atoms with E-state index in [1.807, 2.05) is 20.8 Å². The Hall–Kier alpha value is -0.940. The van der Waals surface area contributed by atoms with E-state index in [1.54, 1.807) is 12.1 Å². The maximum Gasteiger partial charge on any atom is 0.179 e. The number of hydrogen-bond acceptors (Lipinski definition) is 2. The second-order valence-corrected chi connectivity index (χ2v) is 8.84. The van der Waals surface area contributed by atoms with E-state index in [1.165, 1.54) is 18.2 Å². The molecule has 2 nitrogen and oxygen atoms in total. The van der Waals surface area contributed by atoms with E-state index in [-0.39, 0.29) is 16.1 Å². The first-order chi connectivity index (χ1) is 9.12. The number of benzene rings is 2. The van der Waals surface area contributed by atoms with Crippen molar-refractivity contribution in [1.82, 2.24) is 0 Å². The minimum Gasteiger partial charge on any atom is -0.224 e. The van der Waals surface area contributed by atoms with Gasteiger partial charge in [-0.25, -0.2) is 12.8 Å². The van der Waals surface area contributed by atoms with E-state index in [4.69, 9.17) is 0 Å². The van der Waals surface area contributed by atoms with Crippen LogP contribution in [0.15, 0.2) is 39.7 Å². The van der Waals surface area contributed by atoms with Crippen LogP contribution in [0.5, 0.6) is 0 Å². The van der Waals surface area contributed by atoms with Crippen molar-refractivity contribution < 1.29 is 12.8 Å². The third-order valence-corrected chi connectivity index (χ3v) is 5.79. The first-order valence-corrected chi connectivity index (χ1v) is 8.66. The Balaban J connectivity index is 2.74. The van der Waals surface area contributed by atoms with Gasteiger partial charge in [0.25, 0.3) is 0 Å². The molecular weight excluding hydrogens is 343 g/mol. The van der Waals surface area contributed by atoms with Gasteiger partial charge in [-0.2, -0.15) is 0 Å². The van der Waals surface area contributed by atoms with Crippen molar-refractivity contribution in [3.05, 3.63) is 40.6 Å². The van der Waals surface area contributed by atoms with Crippen molar-refractivity contribution >= 4 is 36.5 Å². The molecule has 0 aliphatic heterocycles. The molecule has 0 unspecified atom stereocenters. The summed E-state index contributed by atoms with van der Waals surface area (Å²) >= 11 is 3.28. The normalized spacial score (nSPS) is 12.8. The van der Waals surface area contributed by atoms with Crippen molar-refractivity contribution in [2.45, 2.75) is 25.7 Å². The highest BCUT2D eigenvalue weighted by Crippen LogP contribution is 2.33. The van der Waals surface area contributed by atoms with E-state index in [9.17, 15) is 12.8 Å². The maximum atomic E-state index is 13.9. The minimum absolute atomic E-state index is 0.0211. The molecular formula is C15H16BrFO2S. The lowest BCUT2D eigenvalue weighted by Crippen LogP contribution is -2.21. The van der Waals surface area contributed by atoms with Crippen molar-refractivity contribution in [3.63, 3.8) is 0 Å². The van der Waals surface area contributed by atoms with Crippen LogP contribution in [0.1, 0.15) is 20.8 Å². The van der Waals surface area contributed by atoms with Gasteiger partial charge in [-0.05, 0) is 23.6 Å². The number of rotatable bonds is 2. The molecule has 2 rings (SSSR count). The molecule has 0 atom stereocenters. The molecule has 0 fully saturated rings. The molecule has 20 heavy (non-hydrogen) atoms. The molecule has 0 heterocycles. The summed E-state index contributed by atoms with van der Waals surface area (Å²) < 4.78 is 39.6. The first-order valence-electron chi connectivity index (χ1n) is 6.21. The van der Waals surface area contributed by atoms with Gasteiger partial charge >= 0.3 is 0 Å². The monoisotopic (exact) mass is 358 g/mol. The Bertz CT molecular complexity index is 753. The van der Waals surface area contributed by atoms with Crippen molar-refractivity contribution in [2.24, 2.45) is 5.41 Å². The fourth-order valence-corrected chi connectivity index (χ4v) is 4.82. The van der Waals surface area contributed by atoms with Crippen LogP contribution in [0.3, 0.4) is 0 Å². The molecule has 0 aromatic heterocycles. The zero-order valence-electron chi connectivity index (χ0n) is 11.6. The zero-order valence-corrected chi connectivity index (χ0v) is 14.0. The highest BCUT2D eigenvalue weighted by molar-refractivity contribution is 9.10. The van der Waals surface area contributed by atoms with Gasteiger partial charge in [0.05, 0.1) is 10.6 Å². The molecule has 0 saturated carbocycles. The standard InChI is InChI=1S/C15H16BrFO2S/c1-15(2,3)9-20(18,19)13-8-7-11(16)14-10(13)5-4-6-12(14)17/h4-8H,9H2,1-3H3. The smallest absolute Gasteiger partial charge is 0.179 e. The molecule has 0 saturated heterocycles. The molecule has 2 aromatic rings. The summed E-state index contributed by atoms with van der Waals surface area (Å²) in [6, 6.07) is 7.61. The zero-order chi connectivity index (χ0) is 15.1. The SMILES string of the molecule is CC(C)(C)CS(=O)(=O)c1ccc(Br)c2c(F)cccc12. The summed E-state index contributed by atoms with van der Waals surface area (Å²) in [5.74, 6) is -0.407. The number of hydrogen-bond donors (Lipinski definition) is 0. The summed E-state index contributed by atoms with van der Waals surface area (Å²) in [6.45, 7) is 5.60.